The monoisotopic (exact) mass is 403 g/mol. The van der Waals surface area contributed by atoms with E-state index in [9.17, 15) is 13.7 Å². The van der Waals surface area contributed by atoms with Gasteiger partial charge in [-0.25, -0.2) is 8.42 Å². The predicted octanol–water partition coefficient (Wildman–Crippen LogP) is 2.35. The molecule has 2 rings (SSSR count). The second-order valence-electron chi connectivity index (χ2n) is 4.02. The Kier molecular flexibility index (Phi) is 4.48. The third-order valence-corrected chi connectivity index (χ3v) is 7.70. The molecule has 1 aliphatic heterocycles. The highest BCUT2D eigenvalue weighted by atomic mass is 79.9. The molecular weight excluding hydrogens is 397 g/mol. The maximum absolute atomic E-state index is 12.4. The number of nitrogens with one attached hydrogen (secondary N) is 2. The summed E-state index contributed by atoms with van der Waals surface area (Å²) in [4.78, 5) is -0.120. The number of sulfonamides is 1. The molecule has 0 unspecified atom stereocenters. The van der Waals surface area contributed by atoms with E-state index in [4.69, 9.17) is 23.2 Å². The molecular formula is C9H8BrCl2N3O2S2. The molecule has 2 N–H and O–H groups in total. The van der Waals surface area contributed by atoms with Gasteiger partial charge in [-0.15, -0.1) is 11.3 Å². The van der Waals surface area contributed by atoms with Crippen molar-refractivity contribution in [1.29, 1.82) is 5.26 Å². The first-order valence-electron chi connectivity index (χ1n) is 5.10. The van der Waals surface area contributed by atoms with Gasteiger partial charge < -0.3 is 5.32 Å². The van der Waals surface area contributed by atoms with Crippen molar-refractivity contribution in [2.75, 3.05) is 13.1 Å². The van der Waals surface area contributed by atoms with E-state index in [1.807, 2.05) is 6.07 Å². The molecule has 2 heterocycles. The first kappa shape index (κ1) is 15.5. The van der Waals surface area contributed by atoms with Crippen molar-refractivity contribution in [3.05, 3.63) is 13.1 Å². The maximum Gasteiger partial charge on any atom is 0.245 e. The summed E-state index contributed by atoms with van der Waals surface area (Å²) in [5.41, 5.74) is -1.14. The highest BCUT2D eigenvalue weighted by Crippen LogP contribution is 2.43. The van der Waals surface area contributed by atoms with Crippen LogP contribution in [0.4, 0.5) is 0 Å². The summed E-state index contributed by atoms with van der Waals surface area (Å²) in [7, 11) is -3.92. The van der Waals surface area contributed by atoms with Gasteiger partial charge >= 0.3 is 0 Å². The molecule has 0 radical (unpaired) electrons. The number of hydrogen-bond donors (Lipinski definition) is 2. The van der Waals surface area contributed by atoms with Gasteiger partial charge in [0.2, 0.25) is 10.0 Å². The number of rotatable bonds is 3. The molecule has 104 valence electrons. The fourth-order valence-electron chi connectivity index (χ4n) is 1.77. The van der Waals surface area contributed by atoms with Gasteiger partial charge in [0, 0.05) is 6.54 Å². The average molecular weight is 405 g/mol. The molecule has 0 bridgehead atoms. The van der Waals surface area contributed by atoms with Gasteiger partial charge in [-0.05, 0) is 28.9 Å². The highest BCUT2D eigenvalue weighted by molar-refractivity contribution is 9.10. The van der Waals surface area contributed by atoms with Gasteiger partial charge in [-0.1, -0.05) is 23.2 Å². The summed E-state index contributed by atoms with van der Waals surface area (Å²) >= 11 is 15.8. The lowest BCUT2D eigenvalue weighted by Gasteiger charge is -2.20. The average Bonchev–Trinajstić information content (AvgIpc) is 2.85. The number of nitrogens with zero attached hydrogens (tertiary/aromatic N) is 1. The van der Waals surface area contributed by atoms with Crippen molar-refractivity contribution in [2.45, 2.75) is 16.9 Å². The molecule has 5 nitrogen and oxygen atoms in total. The Morgan fingerprint density at radius 1 is 1.47 bits per heavy atom. The zero-order valence-electron chi connectivity index (χ0n) is 9.34. The lowest BCUT2D eigenvalue weighted by atomic mass is 10.0. The molecule has 1 aromatic heterocycles. The van der Waals surface area contributed by atoms with Gasteiger partial charge in [-0.3, -0.25) is 0 Å². The molecule has 10 heteroatoms. The van der Waals surface area contributed by atoms with Crippen LogP contribution < -0.4 is 10.0 Å². The molecule has 19 heavy (non-hydrogen) atoms. The van der Waals surface area contributed by atoms with Gasteiger partial charge in [0.15, 0.2) is 0 Å². The zero-order valence-corrected chi connectivity index (χ0v) is 14.1. The van der Waals surface area contributed by atoms with Crippen LogP contribution >= 0.6 is 50.5 Å². The minimum atomic E-state index is -3.92. The second kappa shape index (κ2) is 5.48. The Hall–Kier alpha value is 0.120. The molecule has 1 fully saturated rings. The van der Waals surface area contributed by atoms with E-state index in [0.29, 0.717) is 13.0 Å². The predicted molar refractivity (Wildman–Crippen MR) is 78.2 cm³/mol. The zero-order chi connectivity index (χ0) is 14.3. The Bertz CT molecular complexity index is 647. The van der Waals surface area contributed by atoms with E-state index >= 15 is 0 Å². The molecule has 0 spiro atoms. The summed E-state index contributed by atoms with van der Waals surface area (Å²) < 4.78 is 27.6. The van der Waals surface area contributed by atoms with Crippen molar-refractivity contribution in [3.63, 3.8) is 0 Å². The van der Waals surface area contributed by atoms with Crippen LogP contribution in [0.15, 0.2) is 9.37 Å². The Morgan fingerprint density at radius 2 is 2.16 bits per heavy atom. The Labute approximate surface area is 133 Å². The maximum atomic E-state index is 12.4. The topological polar surface area (TPSA) is 82.0 Å². The van der Waals surface area contributed by atoms with E-state index in [0.717, 1.165) is 11.3 Å². The van der Waals surface area contributed by atoms with Gasteiger partial charge in [0.05, 0.1) is 10.5 Å². The first-order chi connectivity index (χ1) is 8.81. The number of hydrogen-bond acceptors (Lipinski definition) is 5. The summed E-state index contributed by atoms with van der Waals surface area (Å²) in [5, 5.41) is 12.1. The summed E-state index contributed by atoms with van der Waals surface area (Å²) in [6, 6.07) is 2.01. The van der Waals surface area contributed by atoms with Crippen LogP contribution in [0.3, 0.4) is 0 Å². The second-order valence-corrected chi connectivity index (χ2v) is 8.66. The molecule has 0 amide bonds. The van der Waals surface area contributed by atoms with Crippen molar-refractivity contribution in [2.24, 2.45) is 0 Å². The van der Waals surface area contributed by atoms with Gasteiger partial charge in [0.25, 0.3) is 0 Å². The molecule has 1 aliphatic rings. The molecule has 0 aromatic carbocycles. The Balaban J connectivity index is 2.41. The standard InChI is InChI=1S/C9H8BrCl2N3O2S2/c10-5-6(8(12)18-7(5)11)19(16,17)15-9(3-13)1-2-14-4-9/h14-15H,1-2,4H2/t9-/m0/s1. The summed E-state index contributed by atoms with van der Waals surface area (Å²) in [6.45, 7) is 0.839. The minimum absolute atomic E-state index is 0.0587. The van der Waals surface area contributed by atoms with Crippen LogP contribution in [0.1, 0.15) is 6.42 Å². The van der Waals surface area contributed by atoms with E-state index < -0.39 is 15.6 Å². The van der Waals surface area contributed by atoms with Crippen LogP contribution in [-0.2, 0) is 10.0 Å². The third kappa shape index (κ3) is 2.93. The third-order valence-electron chi connectivity index (χ3n) is 2.70. The van der Waals surface area contributed by atoms with Gasteiger partial charge in [-0.2, -0.15) is 9.98 Å². The molecule has 1 aromatic rings. The quantitative estimate of drug-likeness (QED) is 0.809. The normalized spacial score (nSPS) is 23.5. The van der Waals surface area contributed by atoms with Crippen molar-refractivity contribution in [1.82, 2.24) is 10.0 Å². The number of nitriles is 1. The fourth-order valence-corrected chi connectivity index (χ4v) is 6.68. The molecule has 0 aliphatic carbocycles. The minimum Gasteiger partial charge on any atom is -0.314 e. The van der Waals surface area contributed by atoms with Crippen LogP contribution in [0.2, 0.25) is 8.67 Å². The number of halogens is 3. The van der Waals surface area contributed by atoms with Crippen molar-refractivity contribution < 1.29 is 8.42 Å². The Morgan fingerprint density at radius 3 is 2.58 bits per heavy atom. The van der Waals surface area contributed by atoms with E-state index in [1.54, 1.807) is 0 Å². The van der Waals surface area contributed by atoms with Crippen LogP contribution in [-0.4, -0.2) is 27.0 Å². The van der Waals surface area contributed by atoms with Crippen LogP contribution in [0.5, 0.6) is 0 Å². The highest BCUT2D eigenvalue weighted by Gasteiger charge is 2.40. The van der Waals surface area contributed by atoms with E-state index in [1.165, 1.54) is 0 Å². The van der Waals surface area contributed by atoms with E-state index in [-0.39, 0.29) is 24.6 Å². The van der Waals surface area contributed by atoms with Crippen LogP contribution in [0.25, 0.3) is 0 Å². The largest absolute Gasteiger partial charge is 0.314 e. The number of thiophene rings is 1. The van der Waals surface area contributed by atoms with Gasteiger partial charge in [0.1, 0.15) is 19.1 Å². The molecule has 1 atom stereocenters. The first-order valence-corrected chi connectivity index (χ1v) is 8.95. The van der Waals surface area contributed by atoms with Crippen molar-refractivity contribution >= 4 is 60.5 Å². The van der Waals surface area contributed by atoms with E-state index in [2.05, 4.69) is 26.0 Å². The molecule has 0 saturated carbocycles. The fraction of sp³-hybridized carbons (Fsp3) is 0.444. The van der Waals surface area contributed by atoms with Crippen molar-refractivity contribution in [3.8, 4) is 6.07 Å². The summed E-state index contributed by atoms with van der Waals surface area (Å²) in [5.74, 6) is 0. The smallest absolute Gasteiger partial charge is 0.245 e. The molecule has 1 saturated heterocycles. The summed E-state index contributed by atoms with van der Waals surface area (Å²) in [6.07, 6.45) is 0.399. The lowest BCUT2D eigenvalue weighted by molar-refractivity contribution is 0.506. The lowest BCUT2D eigenvalue weighted by Crippen LogP contribution is -2.48. The van der Waals surface area contributed by atoms with Crippen LogP contribution in [0, 0.1) is 11.3 Å². The SMILES string of the molecule is N#C[C@@]1(NS(=O)(=O)c2c(Cl)sc(Cl)c2Br)CCNC1.